The third-order valence-electron chi connectivity index (χ3n) is 4.05. The maximum atomic E-state index is 12.1. The molecule has 0 spiro atoms. The number of nitrogens with zero attached hydrogens (tertiary/aromatic N) is 1. The number of amides is 1. The van der Waals surface area contributed by atoms with Crippen LogP contribution < -0.4 is 5.32 Å². The van der Waals surface area contributed by atoms with Gasteiger partial charge in [-0.2, -0.15) is 0 Å². The fraction of sp³-hybridized carbons (Fsp3) is 0.562. The normalized spacial score (nSPS) is 24.1. The Labute approximate surface area is 115 Å². The molecular weight excluding hydrogens is 236 g/mol. The van der Waals surface area contributed by atoms with Crippen LogP contribution in [-0.4, -0.2) is 29.9 Å². The summed E-state index contributed by atoms with van der Waals surface area (Å²) in [6.07, 6.45) is 4.53. The SMILES string of the molecule is O=C(NC1CC1)[C@H]1CCCN(Cc2ccccc2)C1. The fourth-order valence-electron chi connectivity index (χ4n) is 2.80. The molecule has 1 aromatic carbocycles. The predicted molar refractivity (Wildman–Crippen MR) is 75.6 cm³/mol. The molecule has 1 N–H and O–H groups in total. The first-order valence-electron chi connectivity index (χ1n) is 7.38. The zero-order chi connectivity index (χ0) is 13.1. The van der Waals surface area contributed by atoms with Crippen molar-refractivity contribution in [2.75, 3.05) is 13.1 Å². The van der Waals surface area contributed by atoms with Gasteiger partial charge in [-0.1, -0.05) is 30.3 Å². The summed E-state index contributed by atoms with van der Waals surface area (Å²) in [5.74, 6) is 0.471. The predicted octanol–water partition coefficient (Wildman–Crippen LogP) is 2.18. The van der Waals surface area contributed by atoms with Gasteiger partial charge < -0.3 is 5.32 Å². The van der Waals surface area contributed by atoms with E-state index in [0.717, 1.165) is 32.5 Å². The van der Waals surface area contributed by atoms with Crippen molar-refractivity contribution in [2.45, 2.75) is 38.3 Å². The Hall–Kier alpha value is -1.35. The van der Waals surface area contributed by atoms with Crippen molar-refractivity contribution >= 4 is 5.91 Å². The Kier molecular flexibility index (Phi) is 3.83. The first-order valence-corrected chi connectivity index (χ1v) is 7.38. The lowest BCUT2D eigenvalue weighted by Crippen LogP contribution is -2.43. The number of piperidine rings is 1. The van der Waals surface area contributed by atoms with Gasteiger partial charge in [0.2, 0.25) is 5.91 Å². The van der Waals surface area contributed by atoms with E-state index in [2.05, 4.69) is 34.5 Å². The Balaban J connectivity index is 1.53. The summed E-state index contributed by atoms with van der Waals surface area (Å²) in [7, 11) is 0. The number of benzene rings is 1. The summed E-state index contributed by atoms with van der Waals surface area (Å²) in [5.41, 5.74) is 1.34. The number of carbonyl (C=O) groups is 1. The first kappa shape index (κ1) is 12.7. The average molecular weight is 258 g/mol. The van der Waals surface area contributed by atoms with E-state index in [9.17, 15) is 4.79 Å². The Morgan fingerprint density at radius 2 is 2.00 bits per heavy atom. The molecule has 2 fully saturated rings. The summed E-state index contributed by atoms with van der Waals surface area (Å²) >= 11 is 0. The second-order valence-electron chi connectivity index (χ2n) is 5.84. The lowest BCUT2D eigenvalue weighted by atomic mass is 9.96. The van der Waals surface area contributed by atoms with Gasteiger partial charge in [0.1, 0.15) is 0 Å². The molecule has 0 unspecified atom stereocenters. The maximum absolute atomic E-state index is 12.1. The maximum Gasteiger partial charge on any atom is 0.224 e. The van der Waals surface area contributed by atoms with E-state index < -0.39 is 0 Å². The number of carbonyl (C=O) groups excluding carboxylic acids is 1. The van der Waals surface area contributed by atoms with Crippen molar-refractivity contribution in [3.8, 4) is 0 Å². The van der Waals surface area contributed by atoms with Crippen molar-refractivity contribution in [1.29, 1.82) is 0 Å². The minimum absolute atomic E-state index is 0.193. The lowest BCUT2D eigenvalue weighted by Gasteiger charge is -2.32. The molecule has 102 valence electrons. The molecule has 2 aliphatic rings. The van der Waals surface area contributed by atoms with Crippen LogP contribution in [0, 0.1) is 5.92 Å². The molecule has 3 heteroatoms. The van der Waals surface area contributed by atoms with Gasteiger partial charge in [-0.15, -0.1) is 0 Å². The van der Waals surface area contributed by atoms with Crippen LogP contribution in [0.1, 0.15) is 31.2 Å². The van der Waals surface area contributed by atoms with E-state index in [0.29, 0.717) is 6.04 Å². The highest BCUT2D eigenvalue weighted by atomic mass is 16.2. The Morgan fingerprint density at radius 3 is 2.74 bits per heavy atom. The van der Waals surface area contributed by atoms with Crippen LogP contribution in [0.25, 0.3) is 0 Å². The van der Waals surface area contributed by atoms with Crippen LogP contribution in [0.15, 0.2) is 30.3 Å². The topological polar surface area (TPSA) is 32.3 Å². The number of nitrogens with one attached hydrogen (secondary N) is 1. The molecule has 3 nitrogen and oxygen atoms in total. The fourth-order valence-corrected chi connectivity index (χ4v) is 2.80. The number of hydrogen-bond acceptors (Lipinski definition) is 2. The van der Waals surface area contributed by atoms with Gasteiger partial charge in [0.25, 0.3) is 0 Å². The molecule has 0 bridgehead atoms. The minimum Gasteiger partial charge on any atom is -0.353 e. The minimum atomic E-state index is 0.193. The number of rotatable bonds is 4. The zero-order valence-corrected chi connectivity index (χ0v) is 11.3. The molecule has 1 aliphatic carbocycles. The first-order chi connectivity index (χ1) is 9.31. The van der Waals surface area contributed by atoms with Crippen LogP contribution in [0.5, 0.6) is 0 Å². The second kappa shape index (κ2) is 5.74. The summed E-state index contributed by atoms with van der Waals surface area (Å²) in [6.45, 7) is 2.99. The second-order valence-corrected chi connectivity index (χ2v) is 5.84. The Bertz CT molecular complexity index is 428. The molecule has 1 heterocycles. The third-order valence-corrected chi connectivity index (χ3v) is 4.05. The Morgan fingerprint density at radius 1 is 1.21 bits per heavy atom. The van der Waals surface area contributed by atoms with Crippen molar-refractivity contribution < 1.29 is 4.79 Å². The molecule has 1 aliphatic heterocycles. The molecule has 3 rings (SSSR count). The summed E-state index contributed by atoms with van der Waals surface area (Å²) in [5, 5.41) is 3.14. The van der Waals surface area contributed by atoms with E-state index in [1.807, 2.05) is 6.07 Å². The van der Waals surface area contributed by atoms with Crippen molar-refractivity contribution in [3.63, 3.8) is 0 Å². The van der Waals surface area contributed by atoms with Gasteiger partial charge >= 0.3 is 0 Å². The molecule has 1 saturated heterocycles. The van der Waals surface area contributed by atoms with Gasteiger partial charge in [-0.3, -0.25) is 9.69 Å². The van der Waals surface area contributed by atoms with Crippen LogP contribution in [0.3, 0.4) is 0 Å². The average Bonchev–Trinajstić information content (AvgIpc) is 3.24. The highest BCUT2D eigenvalue weighted by Gasteiger charge is 2.30. The molecule has 0 radical (unpaired) electrons. The zero-order valence-electron chi connectivity index (χ0n) is 11.3. The monoisotopic (exact) mass is 258 g/mol. The van der Waals surface area contributed by atoms with Gasteiger partial charge in [0, 0.05) is 19.1 Å². The van der Waals surface area contributed by atoms with Crippen molar-refractivity contribution in [3.05, 3.63) is 35.9 Å². The highest BCUT2D eigenvalue weighted by molar-refractivity contribution is 5.79. The van der Waals surface area contributed by atoms with Crippen LogP contribution in [-0.2, 0) is 11.3 Å². The molecule has 0 aromatic heterocycles. The number of likely N-dealkylation sites (tertiary alicyclic amines) is 1. The van der Waals surface area contributed by atoms with Crippen LogP contribution in [0.2, 0.25) is 0 Å². The van der Waals surface area contributed by atoms with E-state index in [-0.39, 0.29) is 11.8 Å². The quantitative estimate of drug-likeness (QED) is 0.897. The van der Waals surface area contributed by atoms with E-state index in [4.69, 9.17) is 0 Å². The van der Waals surface area contributed by atoms with Gasteiger partial charge in [0.05, 0.1) is 5.92 Å². The molecule has 19 heavy (non-hydrogen) atoms. The van der Waals surface area contributed by atoms with E-state index in [1.54, 1.807) is 0 Å². The highest BCUT2D eigenvalue weighted by Crippen LogP contribution is 2.22. The summed E-state index contributed by atoms with van der Waals surface area (Å²) in [4.78, 5) is 14.5. The van der Waals surface area contributed by atoms with Crippen molar-refractivity contribution in [1.82, 2.24) is 10.2 Å². The van der Waals surface area contributed by atoms with E-state index >= 15 is 0 Å². The summed E-state index contributed by atoms with van der Waals surface area (Å²) in [6, 6.07) is 11.0. The standard InChI is InChI=1S/C16H22N2O/c19-16(17-15-8-9-15)14-7-4-10-18(12-14)11-13-5-2-1-3-6-13/h1-3,5-6,14-15H,4,7-12H2,(H,17,19)/t14-/m0/s1. The molecule has 1 saturated carbocycles. The smallest absolute Gasteiger partial charge is 0.224 e. The molecule has 1 amide bonds. The third kappa shape index (κ3) is 3.57. The van der Waals surface area contributed by atoms with Crippen LogP contribution in [0.4, 0.5) is 0 Å². The van der Waals surface area contributed by atoms with Gasteiger partial charge in [-0.25, -0.2) is 0 Å². The molecule has 1 aromatic rings. The van der Waals surface area contributed by atoms with Gasteiger partial charge in [-0.05, 0) is 37.8 Å². The largest absolute Gasteiger partial charge is 0.353 e. The van der Waals surface area contributed by atoms with Crippen molar-refractivity contribution in [2.24, 2.45) is 5.92 Å². The molecular formula is C16H22N2O. The lowest BCUT2D eigenvalue weighted by molar-refractivity contribution is -0.126. The van der Waals surface area contributed by atoms with Gasteiger partial charge in [0.15, 0.2) is 0 Å². The number of hydrogen-bond donors (Lipinski definition) is 1. The molecule has 1 atom stereocenters. The van der Waals surface area contributed by atoms with Crippen LogP contribution >= 0.6 is 0 Å². The van der Waals surface area contributed by atoms with E-state index in [1.165, 1.54) is 18.4 Å². The summed E-state index contributed by atoms with van der Waals surface area (Å²) < 4.78 is 0.